The Morgan fingerprint density at radius 1 is 1.31 bits per heavy atom. The van der Waals surface area contributed by atoms with Gasteiger partial charge in [0.1, 0.15) is 16.9 Å². The van der Waals surface area contributed by atoms with Crippen LogP contribution in [0.5, 0.6) is 0 Å². The lowest BCUT2D eigenvalue weighted by atomic mass is 9.94. The van der Waals surface area contributed by atoms with Gasteiger partial charge in [-0.25, -0.2) is 4.98 Å². The number of rotatable bonds is 9. The minimum absolute atomic E-state index is 0.0308. The molecule has 2 rings (SSSR count). The van der Waals surface area contributed by atoms with Crippen molar-refractivity contribution in [2.75, 3.05) is 17.7 Å². The zero-order valence-corrected chi connectivity index (χ0v) is 16.9. The standard InChI is InChI=1S/C18H26F3N7O/c1-5-6-7-8-17(3,15(22)29)28-10-13(11(2)27-28)25-16-24-9-12(18(19,20)21)14(23-4)26-16/h9-10H,5-8H2,1-4H3,(H2,22,29)(H2,23,24,25,26). The summed E-state index contributed by atoms with van der Waals surface area (Å²) in [5.41, 5.74) is 4.65. The quantitative estimate of drug-likeness (QED) is 0.542. The van der Waals surface area contributed by atoms with Crippen LogP contribution in [0.2, 0.25) is 0 Å². The van der Waals surface area contributed by atoms with E-state index in [2.05, 4.69) is 32.6 Å². The van der Waals surface area contributed by atoms with Gasteiger partial charge in [-0.05, 0) is 20.3 Å². The van der Waals surface area contributed by atoms with Crippen molar-refractivity contribution in [1.29, 1.82) is 0 Å². The van der Waals surface area contributed by atoms with Crippen molar-refractivity contribution in [2.45, 2.75) is 58.2 Å². The average Bonchev–Trinajstić information content (AvgIpc) is 3.01. The summed E-state index contributed by atoms with van der Waals surface area (Å²) in [7, 11) is 1.35. The van der Waals surface area contributed by atoms with Crippen LogP contribution in [-0.2, 0) is 16.5 Å². The van der Waals surface area contributed by atoms with Crippen LogP contribution in [0, 0.1) is 6.92 Å². The maximum Gasteiger partial charge on any atom is 0.421 e. The highest BCUT2D eigenvalue weighted by Gasteiger charge is 2.36. The summed E-state index contributed by atoms with van der Waals surface area (Å²) >= 11 is 0. The number of anilines is 3. The summed E-state index contributed by atoms with van der Waals surface area (Å²) in [5.74, 6) is -0.885. The zero-order valence-electron chi connectivity index (χ0n) is 16.9. The summed E-state index contributed by atoms with van der Waals surface area (Å²) in [6, 6.07) is 0. The van der Waals surface area contributed by atoms with Crippen molar-refractivity contribution in [1.82, 2.24) is 19.7 Å². The summed E-state index contributed by atoms with van der Waals surface area (Å²) in [6.45, 7) is 5.48. The van der Waals surface area contributed by atoms with Gasteiger partial charge in [0.2, 0.25) is 11.9 Å². The number of alkyl halides is 3. The Kier molecular flexibility index (Phi) is 6.70. The molecule has 0 aliphatic heterocycles. The SMILES string of the molecule is CCCCCC(C)(C(N)=O)n1cc(Nc2ncc(C(F)(F)F)c(NC)n2)c(C)n1. The van der Waals surface area contributed by atoms with E-state index >= 15 is 0 Å². The lowest BCUT2D eigenvalue weighted by molar-refractivity contribution is -0.137. The fourth-order valence-corrected chi connectivity index (χ4v) is 2.87. The predicted octanol–water partition coefficient (Wildman–Crippen LogP) is 3.57. The number of hydrogen-bond acceptors (Lipinski definition) is 6. The van der Waals surface area contributed by atoms with Gasteiger partial charge in [-0.3, -0.25) is 9.48 Å². The summed E-state index contributed by atoms with van der Waals surface area (Å²) in [5, 5.41) is 9.66. The Bertz CT molecular complexity index is 866. The largest absolute Gasteiger partial charge is 0.421 e. The molecule has 8 nitrogen and oxygen atoms in total. The van der Waals surface area contributed by atoms with E-state index in [1.165, 1.54) is 11.7 Å². The molecule has 0 fully saturated rings. The third-order valence-corrected chi connectivity index (χ3v) is 4.78. The van der Waals surface area contributed by atoms with Gasteiger partial charge >= 0.3 is 6.18 Å². The number of unbranched alkanes of at least 4 members (excludes halogenated alkanes) is 2. The van der Waals surface area contributed by atoms with E-state index in [-0.39, 0.29) is 11.8 Å². The van der Waals surface area contributed by atoms with Crippen LogP contribution in [0.3, 0.4) is 0 Å². The maximum absolute atomic E-state index is 13.0. The topological polar surface area (TPSA) is 111 Å². The Hall–Kier alpha value is -2.85. The molecule has 0 bridgehead atoms. The minimum atomic E-state index is -4.57. The number of aryl methyl sites for hydroxylation is 1. The predicted molar refractivity (Wildman–Crippen MR) is 104 cm³/mol. The molecule has 0 saturated carbocycles. The van der Waals surface area contributed by atoms with E-state index < -0.39 is 23.2 Å². The number of nitrogens with one attached hydrogen (secondary N) is 2. The second-order valence-corrected chi connectivity index (χ2v) is 7.00. The number of primary amides is 1. The Morgan fingerprint density at radius 2 is 2.00 bits per heavy atom. The summed E-state index contributed by atoms with van der Waals surface area (Å²) in [4.78, 5) is 19.7. The van der Waals surface area contributed by atoms with Crippen LogP contribution in [-0.4, -0.2) is 32.7 Å². The molecular weight excluding hydrogens is 387 g/mol. The molecule has 1 atom stereocenters. The fraction of sp³-hybridized carbons (Fsp3) is 0.556. The molecular formula is C18H26F3N7O. The first kappa shape index (κ1) is 22.4. The summed E-state index contributed by atoms with van der Waals surface area (Å²) < 4.78 is 40.5. The zero-order chi connectivity index (χ0) is 21.8. The molecule has 160 valence electrons. The number of aromatic nitrogens is 4. The highest BCUT2D eigenvalue weighted by molar-refractivity contribution is 5.82. The first-order valence-corrected chi connectivity index (χ1v) is 9.28. The molecule has 0 radical (unpaired) electrons. The number of carbonyl (C=O) groups excluding carboxylic acids is 1. The molecule has 0 aliphatic rings. The normalized spacial score (nSPS) is 13.8. The molecule has 0 aromatic carbocycles. The van der Waals surface area contributed by atoms with Crippen molar-refractivity contribution < 1.29 is 18.0 Å². The van der Waals surface area contributed by atoms with E-state index in [0.717, 1.165) is 19.3 Å². The number of halogens is 3. The van der Waals surface area contributed by atoms with Crippen LogP contribution in [0.15, 0.2) is 12.4 Å². The van der Waals surface area contributed by atoms with E-state index in [1.807, 2.05) is 0 Å². The van der Waals surface area contributed by atoms with Gasteiger partial charge in [0.25, 0.3) is 0 Å². The molecule has 2 heterocycles. The summed E-state index contributed by atoms with van der Waals surface area (Å²) in [6.07, 6.45) is 1.02. The van der Waals surface area contributed by atoms with Crippen molar-refractivity contribution >= 4 is 23.4 Å². The van der Waals surface area contributed by atoms with Crippen molar-refractivity contribution in [3.8, 4) is 0 Å². The van der Waals surface area contributed by atoms with E-state index in [4.69, 9.17) is 5.73 Å². The van der Waals surface area contributed by atoms with E-state index in [9.17, 15) is 18.0 Å². The second-order valence-electron chi connectivity index (χ2n) is 7.00. The van der Waals surface area contributed by atoms with Gasteiger partial charge in [0.05, 0.1) is 17.6 Å². The van der Waals surface area contributed by atoms with Gasteiger partial charge in [-0.2, -0.15) is 23.3 Å². The number of hydrogen-bond donors (Lipinski definition) is 3. The fourth-order valence-electron chi connectivity index (χ4n) is 2.87. The van der Waals surface area contributed by atoms with Crippen LogP contribution >= 0.6 is 0 Å². The van der Waals surface area contributed by atoms with Crippen molar-refractivity contribution in [3.05, 3.63) is 23.7 Å². The molecule has 29 heavy (non-hydrogen) atoms. The van der Waals surface area contributed by atoms with Gasteiger partial charge < -0.3 is 16.4 Å². The molecule has 1 unspecified atom stereocenters. The lowest BCUT2D eigenvalue weighted by Gasteiger charge is -2.26. The van der Waals surface area contributed by atoms with Crippen LogP contribution in [0.4, 0.5) is 30.6 Å². The number of amides is 1. The molecule has 11 heteroatoms. The molecule has 1 amide bonds. The van der Waals surface area contributed by atoms with Crippen LogP contribution in [0.1, 0.15) is 50.8 Å². The van der Waals surface area contributed by atoms with E-state index in [1.54, 1.807) is 20.0 Å². The molecule has 0 aliphatic carbocycles. The number of nitrogens with zero attached hydrogens (tertiary/aromatic N) is 4. The second kappa shape index (κ2) is 8.66. The number of carbonyl (C=O) groups is 1. The molecule has 2 aromatic rings. The van der Waals surface area contributed by atoms with Gasteiger partial charge in [0, 0.05) is 13.2 Å². The van der Waals surface area contributed by atoms with Crippen molar-refractivity contribution in [2.24, 2.45) is 5.73 Å². The molecule has 2 aromatic heterocycles. The first-order valence-electron chi connectivity index (χ1n) is 9.28. The minimum Gasteiger partial charge on any atom is -0.372 e. The first-order chi connectivity index (χ1) is 13.5. The van der Waals surface area contributed by atoms with Crippen LogP contribution in [0.25, 0.3) is 0 Å². The Morgan fingerprint density at radius 3 is 2.55 bits per heavy atom. The van der Waals surface area contributed by atoms with Crippen LogP contribution < -0.4 is 16.4 Å². The average molecular weight is 413 g/mol. The highest BCUT2D eigenvalue weighted by atomic mass is 19.4. The van der Waals surface area contributed by atoms with Gasteiger partial charge in [-0.15, -0.1) is 0 Å². The third kappa shape index (κ3) is 4.96. The smallest absolute Gasteiger partial charge is 0.372 e. The van der Waals surface area contributed by atoms with E-state index in [0.29, 0.717) is 24.0 Å². The number of nitrogens with two attached hydrogens (primary N) is 1. The third-order valence-electron chi connectivity index (χ3n) is 4.78. The Labute approximate surface area is 167 Å². The monoisotopic (exact) mass is 413 g/mol. The van der Waals surface area contributed by atoms with Gasteiger partial charge in [-0.1, -0.05) is 26.2 Å². The lowest BCUT2D eigenvalue weighted by Crippen LogP contribution is -2.44. The molecule has 0 saturated heterocycles. The highest BCUT2D eigenvalue weighted by Crippen LogP contribution is 2.34. The van der Waals surface area contributed by atoms with Crippen molar-refractivity contribution in [3.63, 3.8) is 0 Å². The maximum atomic E-state index is 13.0. The molecule has 4 N–H and O–H groups in total. The molecule has 0 spiro atoms. The Balaban J connectivity index is 2.32. The van der Waals surface area contributed by atoms with Gasteiger partial charge in [0.15, 0.2) is 0 Å².